The van der Waals surface area contributed by atoms with Gasteiger partial charge in [-0.05, 0) is 0 Å². The molecule has 0 aliphatic carbocycles. The van der Waals surface area contributed by atoms with Gasteiger partial charge in [0.1, 0.15) is 0 Å². The Morgan fingerprint density at radius 1 is 1.25 bits per heavy atom. The number of hydrogen-bond donors (Lipinski definition) is 0. The van der Waals surface area contributed by atoms with Crippen LogP contribution in [-0.2, 0) is 4.70 Å². The van der Waals surface area contributed by atoms with Crippen LogP contribution in [0.15, 0.2) is 0 Å². The van der Waals surface area contributed by atoms with Crippen LogP contribution in [0.1, 0.15) is 7.43 Å². The first-order chi connectivity index (χ1) is 1.00. The van der Waals surface area contributed by atoms with Gasteiger partial charge in [-0.2, -0.15) is 0 Å². The second-order valence-corrected chi connectivity index (χ2v) is 0. The summed E-state index contributed by atoms with van der Waals surface area (Å²) in [5.74, 6) is 0. The van der Waals surface area contributed by atoms with Crippen molar-refractivity contribution < 1.29 is 4.70 Å². The van der Waals surface area contributed by atoms with Gasteiger partial charge in [0, 0.05) is 18.9 Å². The van der Waals surface area contributed by atoms with E-state index < -0.39 is 0 Å². The second-order valence-electron chi connectivity index (χ2n) is 0. The van der Waals surface area contributed by atoms with Crippen molar-refractivity contribution in [2.24, 2.45) is 0 Å². The Morgan fingerprint density at radius 2 is 1.25 bits per heavy atom. The molecule has 0 aromatic rings. The number of rotatable bonds is 0. The van der Waals surface area contributed by atoms with Crippen LogP contribution < -0.4 is 0 Å². The molecule has 0 heterocycles. The van der Waals surface area contributed by atoms with Gasteiger partial charge in [0.05, 0.1) is 0 Å². The molecule has 2 radical (unpaired) electrons. The van der Waals surface area contributed by atoms with Gasteiger partial charge in [0.15, 0.2) is 0 Å². The van der Waals surface area contributed by atoms with Crippen molar-refractivity contribution >= 4 is 26.6 Å². The van der Waals surface area contributed by atoms with E-state index in [2.05, 4.69) is 7.72 Å². The molecule has 0 atom stereocenters. The molecular weight excluding hydrogens is 45.8 g/mol. The normalized spacial score (nSPS) is 0.750. The van der Waals surface area contributed by atoms with Crippen LogP contribution in [0, 0.1) is 0 Å². The van der Waals surface area contributed by atoms with Gasteiger partial charge < -0.3 is 0 Å². The first-order valence-electron chi connectivity index (χ1n) is 0.236. The van der Waals surface area contributed by atoms with Crippen LogP contribution in [0.2, 0.25) is 0 Å². The molecule has 0 aromatic carbocycles. The van der Waals surface area contributed by atoms with Crippen molar-refractivity contribution in [1.82, 2.24) is 0 Å². The predicted molar refractivity (Wildman–Crippen MR) is 18.9 cm³/mol. The molecule has 1 nitrogen and oxygen atoms in total. The molecule has 0 saturated carbocycles. The Kier molecular flexibility index (Phi) is 614. The maximum absolute atomic E-state index is 7.75. The van der Waals surface area contributed by atoms with Gasteiger partial charge in [0.25, 0.3) is 0 Å². The van der Waals surface area contributed by atoms with Crippen molar-refractivity contribution in [3.63, 3.8) is 0 Å². The third kappa shape index (κ3) is 24.6. The third-order valence-electron chi connectivity index (χ3n) is 0. The summed E-state index contributed by atoms with van der Waals surface area (Å²) in [4.78, 5) is 0. The Bertz CT molecular complexity index is 8.00. The minimum Gasteiger partial charge on any atom is 0 e. The summed E-state index contributed by atoms with van der Waals surface area (Å²) in [5.41, 5.74) is 0. The molecule has 0 rings (SSSR count). The summed E-state index contributed by atoms with van der Waals surface area (Å²) in [5, 5.41) is 0. The van der Waals surface area contributed by atoms with Crippen LogP contribution in [0.25, 0.3) is 0 Å². The fourth-order valence-corrected chi connectivity index (χ4v) is 0. The number of hydrogen-bond acceptors (Lipinski definition) is 1. The maximum atomic E-state index is 7.75. The molecule has 0 spiro atoms. The molecule has 0 fully saturated rings. The van der Waals surface area contributed by atoms with E-state index in [1.165, 1.54) is 0 Å². The van der Waals surface area contributed by atoms with Crippen molar-refractivity contribution in [3.05, 3.63) is 0 Å². The van der Waals surface area contributed by atoms with E-state index >= 15 is 0 Å². The van der Waals surface area contributed by atoms with Crippen LogP contribution in [0.4, 0.5) is 0 Å². The molecule has 0 aromatic heterocycles. The van der Waals surface area contributed by atoms with Gasteiger partial charge in [-0.15, -0.1) is 0 Å². The zero-order chi connectivity index (χ0) is 2.00. The van der Waals surface area contributed by atoms with E-state index in [0.717, 1.165) is 0 Å². The predicted octanol–water partition coefficient (Wildman–Crippen LogP) is -0.244. The van der Waals surface area contributed by atoms with Gasteiger partial charge in [-0.3, -0.25) is 0 Å². The van der Waals surface area contributed by atoms with Crippen molar-refractivity contribution in [3.8, 4) is 0 Å². The molecule has 4 heavy (non-hydrogen) atoms. The quantitative estimate of drug-likeness (QED) is 0.346. The van der Waals surface area contributed by atoms with Crippen LogP contribution >= 0.6 is 0 Å². The van der Waals surface area contributed by atoms with Crippen molar-refractivity contribution in [2.45, 2.75) is 7.43 Å². The monoisotopic (exact) mass is 50.1 g/mol. The van der Waals surface area contributed by atoms with E-state index in [1.54, 1.807) is 0 Å². The Hall–Kier alpha value is 0.462. The van der Waals surface area contributed by atoms with E-state index in [1.807, 2.05) is 0 Å². The SMILES string of the molecule is C.[B]=O.[Li]. The van der Waals surface area contributed by atoms with E-state index in [0.29, 0.717) is 0 Å². The zero-order valence-electron chi connectivity index (χ0n) is 1.99. The van der Waals surface area contributed by atoms with E-state index in [9.17, 15) is 0 Å². The second kappa shape index (κ2) is 98.2. The summed E-state index contributed by atoms with van der Waals surface area (Å²) >= 11 is 0. The average molecular weight is 49.8 g/mol. The maximum Gasteiger partial charge on any atom is 0 e. The molecule has 18 valence electrons. The minimum absolute atomic E-state index is 0. The van der Waals surface area contributed by atoms with E-state index in [4.69, 9.17) is 4.70 Å². The molecule has 0 aliphatic rings. The Balaban J connectivity index is -0.00000000500. The molecule has 0 bridgehead atoms. The van der Waals surface area contributed by atoms with Crippen LogP contribution in [-0.4, -0.2) is 26.6 Å². The third-order valence-corrected chi connectivity index (χ3v) is 0. The Morgan fingerprint density at radius 3 is 1.25 bits per heavy atom. The van der Waals surface area contributed by atoms with Crippen LogP contribution in [0.5, 0.6) is 0 Å². The molecule has 0 aliphatic heterocycles. The molecule has 0 unspecified atom stereocenters. The smallest absolute Gasteiger partial charge is 0 e. The Labute approximate surface area is 39.4 Å². The van der Waals surface area contributed by atoms with Gasteiger partial charge in [-0.25, -0.2) is 0 Å². The molecule has 0 N–H and O–H groups in total. The summed E-state index contributed by atoms with van der Waals surface area (Å²) < 4.78 is 7.75. The van der Waals surface area contributed by atoms with Gasteiger partial charge in [0.2, 0.25) is 0 Å². The molecular formula is CH4BLiO. The summed E-state index contributed by atoms with van der Waals surface area (Å²) in [7, 11) is 3.25. The average Bonchev–Trinajstić information content (AvgIpc) is 1.00. The first kappa shape index (κ1) is 25.0. The summed E-state index contributed by atoms with van der Waals surface area (Å²) in [6, 6.07) is 0. The summed E-state index contributed by atoms with van der Waals surface area (Å²) in [6.07, 6.45) is 0. The molecule has 0 amide bonds. The van der Waals surface area contributed by atoms with E-state index in [-0.39, 0.29) is 26.3 Å². The fraction of sp³-hybridized carbons (Fsp3) is 1.00. The van der Waals surface area contributed by atoms with Gasteiger partial charge >= 0.3 is 12.4 Å². The standard InChI is InChI=1S/CH4.BO.Li/c;1-2;/h1H4;;. The van der Waals surface area contributed by atoms with Gasteiger partial charge in [-0.1, -0.05) is 7.43 Å². The topological polar surface area (TPSA) is 17.1 Å². The molecule has 0 saturated heterocycles. The minimum atomic E-state index is 0. The van der Waals surface area contributed by atoms with Crippen molar-refractivity contribution in [1.29, 1.82) is 0 Å². The zero-order valence-corrected chi connectivity index (χ0v) is 1.99. The first-order valence-corrected chi connectivity index (χ1v) is 0.236. The van der Waals surface area contributed by atoms with Crippen LogP contribution in [0.3, 0.4) is 0 Å². The van der Waals surface area contributed by atoms with Crippen molar-refractivity contribution in [2.75, 3.05) is 0 Å². The summed E-state index contributed by atoms with van der Waals surface area (Å²) in [6.45, 7) is 0. The molecule has 3 heteroatoms. The largest absolute Gasteiger partial charge is 0 e. The fourth-order valence-electron chi connectivity index (χ4n) is 0.